The summed E-state index contributed by atoms with van der Waals surface area (Å²) in [5, 5.41) is 0. The summed E-state index contributed by atoms with van der Waals surface area (Å²) >= 11 is 0. The van der Waals surface area contributed by atoms with Crippen LogP contribution in [0.4, 0.5) is 4.79 Å². The number of Topliss-reactive ketones (excluding diaryl/α,β-unsaturated/α-hetero) is 1. The fourth-order valence-corrected chi connectivity index (χ4v) is 2.40. The number of carbonyl (C=O) groups is 2. The van der Waals surface area contributed by atoms with Gasteiger partial charge in [-0.3, -0.25) is 9.69 Å². The van der Waals surface area contributed by atoms with Crippen LogP contribution < -0.4 is 0 Å². The molecule has 0 bridgehead atoms. The average Bonchev–Trinajstić information content (AvgIpc) is 2.48. The van der Waals surface area contributed by atoms with Gasteiger partial charge in [0.1, 0.15) is 12.4 Å². The van der Waals surface area contributed by atoms with E-state index in [-0.39, 0.29) is 24.0 Å². The normalized spacial score (nSPS) is 31.2. The van der Waals surface area contributed by atoms with Crippen molar-refractivity contribution in [3.8, 4) is 0 Å². The first-order valence-electron chi connectivity index (χ1n) is 5.13. The van der Waals surface area contributed by atoms with E-state index >= 15 is 0 Å². The molecule has 0 aliphatic carbocycles. The van der Waals surface area contributed by atoms with Crippen LogP contribution in [0.15, 0.2) is 0 Å². The molecule has 0 saturated carbocycles. The number of hydrogen-bond acceptors (Lipinski definition) is 3. The van der Waals surface area contributed by atoms with Gasteiger partial charge in [-0.2, -0.15) is 0 Å². The number of carbonyl (C=O) groups excluding carboxylic acids is 2. The van der Waals surface area contributed by atoms with Crippen LogP contribution in [-0.4, -0.2) is 35.5 Å². The molecule has 78 valence electrons. The predicted molar refractivity (Wildman–Crippen MR) is 49.9 cm³/mol. The fraction of sp³-hybridized carbons (Fsp3) is 0.800. The second-order valence-corrected chi connectivity index (χ2v) is 4.13. The van der Waals surface area contributed by atoms with Crippen molar-refractivity contribution in [2.45, 2.75) is 44.7 Å². The van der Waals surface area contributed by atoms with Gasteiger partial charge in [0.05, 0.1) is 6.04 Å². The second kappa shape index (κ2) is 3.59. The molecule has 1 amide bonds. The van der Waals surface area contributed by atoms with Gasteiger partial charge in [-0.1, -0.05) is 0 Å². The molecule has 2 fully saturated rings. The highest BCUT2D eigenvalue weighted by Gasteiger charge is 2.40. The van der Waals surface area contributed by atoms with Crippen LogP contribution in [0.3, 0.4) is 0 Å². The summed E-state index contributed by atoms with van der Waals surface area (Å²) in [5.74, 6) is 0.148. The number of amides is 1. The highest BCUT2D eigenvalue weighted by molar-refractivity contribution is 5.78. The van der Waals surface area contributed by atoms with Crippen molar-refractivity contribution in [2.75, 3.05) is 6.61 Å². The molecule has 0 spiro atoms. The van der Waals surface area contributed by atoms with Crippen molar-refractivity contribution in [1.82, 2.24) is 4.90 Å². The zero-order valence-corrected chi connectivity index (χ0v) is 8.36. The van der Waals surface area contributed by atoms with Gasteiger partial charge in [0.15, 0.2) is 0 Å². The Hall–Kier alpha value is -1.06. The third-order valence-electron chi connectivity index (χ3n) is 2.99. The van der Waals surface area contributed by atoms with Crippen molar-refractivity contribution < 1.29 is 14.3 Å². The third kappa shape index (κ3) is 1.61. The second-order valence-electron chi connectivity index (χ2n) is 4.13. The average molecular weight is 197 g/mol. The summed E-state index contributed by atoms with van der Waals surface area (Å²) < 4.78 is 4.99. The van der Waals surface area contributed by atoms with E-state index in [1.807, 2.05) is 0 Å². The van der Waals surface area contributed by atoms with E-state index in [2.05, 4.69) is 0 Å². The van der Waals surface area contributed by atoms with Crippen molar-refractivity contribution in [1.29, 1.82) is 0 Å². The van der Waals surface area contributed by atoms with Crippen LogP contribution in [0, 0.1) is 0 Å². The maximum absolute atomic E-state index is 11.4. The smallest absolute Gasteiger partial charge is 0.410 e. The quantitative estimate of drug-likeness (QED) is 0.671. The lowest BCUT2D eigenvalue weighted by atomic mass is 9.94. The van der Waals surface area contributed by atoms with Crippen LogP contribution >= 0.6 is 0 Å². The van der Waals surface area contributed by atoms with Gasteiger partial charge in [0.25, 0.3) is 0 Å². The van der Waals surface area contributed by atoms with Gasteiger partial charge >= 0.3 is 6.09 Å². The van der Waals surface area contributed by atoms with Gasteiger partial charge < -0.3 is 4.74 Å². The van der Waals surface area contributed by atoms with Crippen molar-refractivity contribution >= 4 is 11.9 Å². The van der Waals surface area contributed by atoms with E-state index in [1.54, 1.807) is 11.8 Å². The van der Waals surface area contributed by atoms with Crippen LogP contribution in [0.25, 0.3) is 0 Å². The summed E-state index contributed by atoms with van der Waals surface area (Å²) in [6.07, 6.45) is 3.29. The zero-order chi connectivity index (χ0) is 10.1. The minimum Gasteiger partial charge on any atom is -0.447 e. The number of nitrogens with zero attached hydrogens (tertiary/aromatic N) is 1. The van der Waals surface area contributed by atoms with E-state index < -0.39 is 0 Å². The number of ketones is 1. The molecular weight excluding hydrogens is 182 g/mol. The number of ether oxygens (including phenoxy) is 1. The Balaban J connectivity index is 2.08. The molecule has 0 N–H and O–H groups in total. The van der Waals surface area contributed by atoms with Gasteiger partial charge in [0, 0.05) is 12.5 Å². The van der Waals surface area contributed by atoms with E-state index in [1.165, 1.54) is 0 Å². The first-order valence-corrected chi connectivity index (χ1v) is 5.13. The minimum atomic E-state index is -0.235. The lowest BCUT2D eigenvalue weighted by Gasteiger charge is -2.34. The molecular formula is C10H15NO3. The maximum Gasteiger partial charge on any atom is 0.410 e. The highest BCUT2D eigenvalue weighted by atomic mass is 16.6. The van der Waals surface area contributed by atoms with Gasteiger partial charge in [-0.25, -0.2) is 4.79 Å². The lowest BCUT2D eigenvalue weighted by molar-refractivity contribution is -0.118. The summed E-state index contributed by atoms with van der Waals surface area (Å²) in [5.41, 5.74) is 0. The molecule has 4 heteroatoms. The third-order valence-corrected chi connectivity index (χ3v) is 2.99. The summed E-state index contributed by atoms with van der Waals surface area (Å²) in [4.78, 5) is 24.2. The molecule has 2 atom stereocenters. The summed E-state index contributed by atoms with van der Waals surface area (Å²) in [7, 11) is 0. The van der Waals surface area contributed by atoms with E-state index in [0.717, 1.165) is 19.3 Å². The Morgan fingerprint density at radius 1 is 1.57 bits per heavy atom. The number of rotatable bonds is 2. The van der Waals surface area contributed by atoms with Gasteiger partial charge in [-0.15, -0.1) is 0 Å². The molecule has 14 heavy (non-hydrogen) atoms. The number of hydrogen-bond donors (Lipinski definition) is 0. The molecule has 2 aliphatic heterocycles. The molecule has 0 unspecified atom stereocenters. The zero-order valence-electron chi connectivity index (χ0n) is 8.36. The summed E-state index contributed by atoms with van der Waals surface area (Å²) in [6.45, 7) is 2.08. The molecule has 2 heterocycles. The van der Waals surface area contributed by atoms with Crippen molar-refractivity contribution in [3.05, 3.63) is 0 Å². The monoisotopic (exact) mass is 197 g/mol. The SMILES string of the molecule is CC(=O)C[C@H]1CCC[C@H]2COC(=O)N12. The highest BCUT2D eigenvalue weighted by Crippen LogP contribution is 2.29. The Morgan fingerprint density at radius 2 is 2.36 bits per heavy atom. The van der Waals surface area contributed by atoms with E-state index in [0.29, 0.717) is 13.0 Å². The van der Waals surface area contributed by atoms with Crippen LogP contribution in [0.2, 0.25) is 0 Å². The fourth-order valence-electron chi connectivity index (χ4n) is 2.40. The lowest BCUT2D eigenvalue weighted by Crippen LogP contribution is -2.46. The van der Waals surface area contributed by atoms with Crippen LogP contribution in [0.5, 0.6) is 0 Å². The minimum absolute atomic E-state index is 0.0845. The van der Waals surface area contributed by atoms with E-state index in [4.69, 9.17) is 4.74 Å². The maximum atomic E-state index is 11.4. The van der Waals surface area contributed by atoms with Crippen molar-refractivity contribution in [3.63, 3.8) is 0 Å². The Kier molecular flexibility index (Phi) is 2.44. The standard InChI is InChI=1S/C10H15NO3/c1-7(12)5-8-3-2-4-9-6-14-10(13)11(8)9/h8-9H,2-6H2,1H3/t8-,9+/m1/s1. The Bertz CT molecular complexity index is 264. The summed E-state index contributed by atoms with van der Waals surface area (Å²) in [6, 6.07) is 0.307. The molecule has 2 saturated heterocycles. The number of fused-ring (bicyclic) bond motifs is 1. The van der Waals surface area contributed by atoms with Gasteiger partial charge in [-0.05, 0) is 26.2 Å². The van der Waals surface area contributed by atoms with Crippen molar-refractivity contribution in [2.24, 2.45) is 0 Å². The topological polar surface area (TPSA) is 46.6 Å². The van der Waals surface area contributed by atoms with Crippen LogP contribution in [-0.2, 0) is 9.53 Å². The first-order chi connectivity index (χ1) is 6.68. The number of cyclic esters (lactones) is 1. The number of piperidine rings is 1. The molecule has 0 aromatic rings. The molecule has 4 nitrogen and oxygen atoms in total. The first kappa shape index (κ1) is 9.49. The Labute approximate surface area is 83.2 Å². The molecule has 2 aliphatic rings. The molecule has 2 rings (SSSR count). The molecule has 0 aromatic heterocycles. The van der Waals surface area contributed by atoms with Gasteiger partial charge in [0.2, 0.25) is 0 Å². The molecule has 0 aromatic carbocycles. The largest absolute Gasteiger partial charge is 0.447 e. The van der Waals surface area contributed by atoms with E-state index in [9.17, 15) is 9.59 Å². The molecule has 0 radical (unpaired) electrons. The Morgan fingerprint density at radius 3 is 3.07 bits per heavy atom. The van der Waals surface area contributed by atoms with Crippen LogP contribution in [0.1, 0.15) is 32.6 Å². The predicted octanol–water partition coefficient (Wildman–Crippen LogP) is 1.34.